The zero-order chi connectivity index (χ0) is 12.7. The predicted octanol–water partition coefficient (Wildman–Crippen LogP) is 0.917. The van der Waals surface area contributed by atoms with E-state index in [1.807, 2.05) is 6.92 Å². The van der Waals surface area contributed by atoms with Crippen LogP contribution in [0, 0.1) is 10.1 Å². The third kappa shape index (κ3) is 4.23. The molecule has 0 unspecified atom stereocenters. The third-order valence-corrected chi connectivity index (χ3v) is 2.06. The first-order valence-electron chi connectivity index (χ1n) is 5.38. The molecule has 1 heterocycles. The van der Waals surface area contributed by atoms with Crippen LogP contribution in [0.25, 0.3) is 0 Å². The Morgan fingerprint density at radius 3 is 2.82 bits per heavy atom. The third-order valence-electron chi connectivity index (χ3n) is 2.06. The Bertz CT molecular complexity index is 389. The van der Waals surface area contributed by atoms with Crippen molar-refractivity contribution in [2.24, 2.45) is 0 Å². The van der Waals surface area contributed by atoms with E-state index in [-0.39, 0.29) is 5.76 Å². The van der Waals surface area contributed by atoms with Crippen LogP contribution in [0.4, 0.5) is 5.88 Å². The molecule has 0 aromatic carbocycles. The Balaban J connectivity index is 2.34. The number of amides is 1. The number of hydrogen-bond donors (Lipinski definition) is 2. The molecule has 1 rings (SSSR count). The lowest BCUT2D eigenvalue weighted by Crippen LogP contribution is -2.26. The SMILES string of the molecule is CCNCCCNC(=O)c1ccc([N+](=O)[O-])o1. The molecule has 94 valence electrons. The van der Waals surface area contributed by atoms with Crippen LogP contribution in [-0.4, -0.2) is 30.5 Å². The van der Waals surface area contributed by atoms with Gasteiger partial charge in [-0.25, -0.2) is 0 Å². The molecule has 0 bridgehead atoms. The van der Waals surface area contributed by atoms with Gasteiger partial charge in [0.25, 0.3) is 5.91 Å². The van der Waals surface area contributed by atoms with Crippen LogP contribution in [0.15, 0.2) is 16.5 Å². The van der Waals surface area contributed by atoms with Crippen LogP contribution in [0.3, 0.4) is 0 Å². The van der Waals surface area contributed by atoms with E-state index in [4.69, 9.17) is 4.42 Å². The van der Waals surface area contributed by atoms with Gasteiger partial charge in [0.15, 0.2) is 5.76 Å². The Morgan fingerprint density at radius 2 is 2.24 bits per heavy atom. The number of rotatable bonds is 7. The fourth-order valence-electron chi connectivity index (χ4n) is 1.23. The summed E-state index contributed by atoms with van der Waals surface area (Å²) in [4.78, 5) is 21.1. The molecule has 0 aliphatic rings. The lowest BCUT2D eigenvalue weighted by molar-refractivity contribution is -0.402. The highest BCUT2D eigenvalue weighted by atomic mass is 16.6. The molecule has 0 atom stereocenters. The second kappa shape index (κ2) is 6.64. The highest BCUT2D eigenvalue weighted by Crippen LogP contribution is 2.15. The van der Waals surface area contributed by atoms with Gasteiger partial charge in [-0.2, -0.15) is 0 Å². The quantitative estimate of drug-likeness (QED) is 0.420. The Morgan fingerprint density at radius 1 is 1.47 bits per heavy atom. The Kier molecular flexibility index (Phi) is 5.15. The van der Waals surface area contributed by atoms with Crippen LogP contribution in [-0.2, 0) is 0 Å². The molecule has 0 saturated heterocycles. The van der Waals surface area contributed by atoms with Crippen molar-refractivity contribution in [1.82, 2.24) is 10.6 Å². The second-order valence-electron chi connectivity index (χ2n) is 3.36. The molecule has 17 heavy (non-hydrogen) atoms. The Labute approximate surface area is 98.3 Å². The summed E-state index contributed by atoms with van der Waals surface area (Å²) in [7, 11) is 0. The summed E-state index contributed by atoms with van der Waals surface area (Å²) in [5.74, 6) is -0.905. The van der Waals surface area contributed by atoms with Crippen molar-refractivity contribution in [3.8, 4) is 0 Å². The molecule has 0 spiro atoms. The molecule has 1 amide bonds. The van der Waals surface area contributed by atoms with Crippen molar-refractivity contribution >= 4 is 11.8 Å². The van der Waals surface area contributed by atoms with E-state index in [2.05, 4.69) is 10.6 Å². The van der Waals surface area contributed by atoms with Gasteiger partial charge in [0.2, 0.25) is 0 Å². The van der Waals surface area contributed by atoms with Gasteiger partial charge in [0, 0.05) is 6.54 Å². The molecular formula is C10H15N3O4. The molecule has 1 aromatic rings. The highest BCUT2D eigenvalue weighted by Gasteiger charge is 2.16. The molecule has 0 radical (unpaired) electrons. The molecule has 0 saturated carbocycles. The number of nitrogens with zero attached hydrogens (tertiary/aromatic N) is 1. The van der Waals surface area contributed by atoms with E-state index >= 15 is 0 Å². The molecule has 0 aliphatic heterocycles. The average Bonchev–Trinajstić information content (AvgIpc) is 2.78. The van der Waals surface area contributed by atoms with Crippen molar-refractivity contribution in [2.45, 2.75) is 13.3 Å². The monoisotopic (exact) mass is 241 g/mol. The lowest BCUT2D eigenvalue weighted by Gasteiger charge is -2.03. The standard InChI is InChI=1S/C10H15N3O4/c1-2-11-6-3-7-12-10(14)8-4-5-9(17-8)13(15)16/h4-5,11H,2-3,6-7H2,1H3,(H,12,14). The normalized spacial score (nSPS) is 10.2. The van der Waals surface area contributed by atoms with Gasteiger partial charge in [0.05, 0.1) is 6.07 Å². The summed E-state index contributed by atoms with van der Waals surface area (Å²) in [5.41, 5.74) is 0. The van der Waals surface area contributed by atoms with Crippen molar-refractivity contribution < 1.29 is 14.1 Å². The van der Waals surface area contributed by atoms with Gasteiger partial charge in [-0.15, -0.1) is 0 Å². The topological polar surface area (TPSA) is 97.4 Å². The summed E-state index contributed by atoms with van der Waals surface area (Å²) >= 11 is 0. The largest absolute Gasteiger partial charge is 0.433 e. The van der Waals surface area contributed by atoms with Crippen LogP contribution in [0.1, 0.15) is 23.9 Å². The lowest BCUT2D eigenvalue weighted by atomic mass is 10.4. The van der Waals surface area contributed by atoms with Gasteiger partial charge < -0.3 is 15.1 Å². The summed E-state index contributed by atoms with van der Waals surface area (Å²) in [6, 6.07) is 2.45. The minimum absolute atomic E-state index is 0.0415. The van der Waals surface area contributed by atoms with Crippen LogP contribution >= 0.6 is 0 Å². The fourth-order valence-corrected chi connectivity index (χ4v) is 1.23. The van der Waals surface area contributed by atoms with Crippen molar-refractivity contribution in [3.63, 3.8) is 0 Å². The summed E-state index contributed by atoms with van der Waals surface area (Å²) in [6.45, 7) is 4.20. The number of hydrogen-bond acceptors (Lipinski definition) is 5. The number of nitro groups is 1. The minimum Gasteiger partial charge on any atom is -0.395 e. The van der Waals surface area contributed by atoms with E-state index in [0.717, 1.165) is 25.6 Å². The molecule has 0 aliphatic carbocycles. The van der Waals surface area contributed by atoms with E-state index in [0.29, 0.717) is 6.54 Å². The zero-order valence-electron chi connectivity index (χ0n) is 9.56. The zero-order valence-corrected chi connectivity index (χ0v) is 9.56. The second-order valence-corrected chi connectivity index (χ2v) is 3.36. The average molecular weight is 241 g/mol. The number of furan rings is 1. The Hall–Kier alpha value is -1.89. The van der Waals surface area contributed by atoms with Crippen LogP contribution < -0.4 is 10.6 Å². The van der Waals surface area contributed by atoms with Crippen molar-refractivity contribution in [1.29, 1.82) is 0 Å². The van der Waals surface area contributed by atoms with Crippen molar-refractivity contribution in [3.05, 3.63) is 28.0 Å². The van der Waals surface area contributed by atoms with Gasteiger partial charge in [-0.05, 0) is 25.6 Å². The number of carbonyl (C=O) groups excluding carboxylic acids is 1. The molecule has 7 nitrogen and oxygen atoms in total. The molecule has 0 fully saturated rings. The predicted molar refractivity (Wildman–Crippen MR) is 60.9 cm³/mol. The van der Waals surface area contributed by atoms with E-state index in [1.54, 1.807) is 0 Å². The first-order valence-corrected chi connectivity index (χ1v) is 5.38. The summed E-state index contributed by atoms with van der Waals surface area (Å²) < 4.78 is 4.76. The van der Waals surface area contributed by atoms with Crippen LogP contribution in [0.5, 0.6) is 0 Å². The fraction of sp³-hybridized carbons (Fsp3) is 0.500. The first-order chi connectivity index (χ1) is 8.15. The molecule has 1 aromatic heterocycles. The molecule has 2 N–H and O–H groups in total. The maximum Gasteiger partial charge on any atom is 0.433 e. The smallest absolute Gasteiger partial charge is 0.395 e. The summed E-state index contributed by atoms with van der Waals surface area (Å²) in [6.07, 6.45) is 0.794. The van der Waals surface area contributed by atoms with Gasteiger partial charge >= 0.3 is 5.88 Å². The van der Waals surface area contributed by atoms with Gasteiger partial charge in [-0.3, -0.25) is 14.9 Å². The van der Waals surface area contributed by atoms with E-state index < -0.39 is 16.7 Å². The number of carbonyl (C=O) groups is 1. The number of nitrogens with one attached hydrogen (secondary N) is 2. The van der Waals surface area contributed by atoms with Crippen LogP contribution in [0.2, 0.25) is 0 Å². The van der Waals surface area contributed by atoms with Gasteiger partial charge in [-0.1, -0.05) is 6.92 Å². The van der Waals surface area contributed by atoms with Gasteiger partial charge in [0.1, 0.15) is 4.92 Å². The first kappa shape index (κ1) is 13.2. The molecular weight excluding hydrogens is 226 g/mol. The maximum absolute atomic E-state index is 11.5. The van der Waals surface area contributed by atoms with E-state index in [9.17, 15) is 14.9 Å². The van der Waals surface area contributed by atoms with Crippen molar-refractivity contribution in [2.75, 3.05) is 19.6 Å². The maximum atomic E-state index is 11.5. The van der Waals surface area contributed by atoms with E-state index in [1.165, 1.54) is 6.07 Å². The summed E-state index contributed by atoms with van der Waals surface area (Å²) in [5, 5.41) is 16.1. The minimum atomic E-state index is -0.679. The molecule has 7 heteroatoms. The highest BCUT2D eigenvalue weighted by molar-refractivity contribution is 5.91.